The Hall–Kier alpha value is -1.51. The molecule has 0 fully saturated rings. The van der Waals surface area contributed by atoms with Crippen molar-refractivity contribution in [1.82, 2.24) is 5.32 Å². The van der Waals surface area contributed by atoms with E-state index in [2.05, 4.69) is 5.32 Å². The van der Waals surface area contributed by atoms with Gasteiger partial charge in [-0.3, -0.25) is 4.79 Å². The second-order valence-electron chi connectivity index (χ2n) is 4.94. The van der Waals surface area contributed by atoms with Crippen LogP contribution in [0.1, 0.15) is 30.5 Å². The number of carbonyl (C=O) groups excluding carboxylic acids is 1. The number of benzene rings is 2. The van der Waals surface area contributed by atoms with Gasteiger partial charge in [0.15, 0.2) is 0 Å². The molecule has 0 aliphatic carbocycles. The zero-order valence-corrected chi connectivity index (χ0v) is 13.3. The van der Waals surface area contributed by atoms with E-state index in [1.165, 1.54) is 0 Å². The molecule has 1 amide bonds. The summed E-state index contributed by atoms with van der Waals surface area (Å²) in [5.41, 5.74) is 1.98. The lowest BCUT2D eigenvalue weighted by molar-refractivity contribution is -0.121. The Kier molecular flexibility index (Phi) is 5.66. The first-order valence-corrected chi connectivity index (χ1v) is 7.60. The molecule has 2 aromatic rings. The molecular weight excluding hydrogens is 305 g/mol. The molecule has 0 saturated heterocycles. The predicted molar refractivity (Wildman–Crippen MR) is 87.8 cm³/mol. The van der Waals surface area contributed by atoms with Crippen molar-refractivity contribution in [1.29, 1.82) is 0 Å². The molecule has 1 unspecified atom stereocenters. The second kappa shape index (κ2) is 7.48. The minimum Gasteiger partial charge on any atom is -0.350 e. The first kappa shape index (κ1) is 15.9. The van der Waals surface area contributed by atoms with Crippen molar-refractivity contribution in [2.24, 2.45) is 0 Å². The third-order valence-corrected chi connectivity index (χ3v) is 3.91. The Bertz CT molecular complexity index is 628. The van der Waals surface area contributed by atoms with E-state index in [-0.39, 0.29) is 11.9 Å². The van der Waals surface area contributed by atoms with Crippen molar-refractivity contribution in [3.8, 4) is 0 Å². The van der Waals surface area contributed by atoms with Crippen LogP contribution >= 0.6 is 23.2 Å². The fourth-order valence-electron chi connectivity index (χ4n) is 2.12. The molecule has 2 nitrogen and oxygen atoms in total. The zero-order valence-electron chi connectivity index (χ0n) is 11.8. The predicted octanol–water partition coefficient (Wildman–Crippen LogP) is 4.80. The van der Waals surface area contributed by atoms with Crippen LogP contribution in [0.15, 0.2) is 48.5 Å². The van der Waals surface area contributed by atoms with Crippen LogP contribution in [-0.2, 0) is 11.2 Å². The first-order valence-electron chi connectivity index (χ1n) is 6.84. The maximum atomic E-state index is 12.0. The second-order valence-corrected chi connectivity index (χ2v) is 5.78. The number of hydrogen-bond acceptors (Lipinski definition) is 1. The molecule has 2 rings (SSSR count). The summed E-state index contributed by atoms with van der Waals surface area (Å²) in [6.45, 7) is 1.94. The number of carbonyl (C=O) groups is 1. The van der Waals surface area contributed by atoms with Gasteiger partial charge in [-0.15, -0.1) is 0 Å². The fourth-order valence-corrected chi connectivity index (χ4v) is 2.55. The van der Waals surface area contributed by atoms with Crippen molar-refractivity contribution in [2.45, 2.75) is 25.8 Å². The lowest BCUT2D eigenvalue weighted by Gasteiger charge is -2.14. The topological polar surface area (TPSA) is 29.1 Å². The highest BCUT2D eigenvalue weighted by atomic mass is 35.5. The van der Waals surface area contributed by atoms with E-state index in [9.17, 15) is 4.79 Å². The van der Waals surface area contributed by atoms with Gasteiger partial charge in [-0.05, 0) is 42.7 Å². The SMILES string of the molecule is CC(NC(=O)CCc1ccccc1Cl)c1cccc(Cl)c1. The average Bonchev–Trinajstić information content (AvgIpc) is 2.46. The summed E-state index contributed by atoms with van der Waals surface area (Å²) in [5, 5.41) is 4.35. The van der Waals surface area contributed by atoms with Crippen molar-refractivity contribution in [3.05, 3.63) is 69.7 Å². The third-order valence-electron chi connectivity index (χ3n) is 3.31. The highest BCUT2D eigenvalue weighted by molar-refractivity contribution is 6.31. The molecule has 2 aromatic carbocycles. The molecular formula is C17H17Cl2NO. The maximum Gasteiger partial charge on any atom is 0.220 e. The van der Waals surface area contributed by atoms with Gasteiger partial charge >= 0.3 is 0 Å². The molecule has 0 heterocycles. The molecule has 0 bridgehead atoms. The molecule has 0 aliphatic heterocycles. The van der Waals surface area contributed by atoms with Crippen molar-refractivity contribution in [3.63, 3.8) is 0 Å². The van der Waals surface area contributed by atoms with Gasteiger partial charge in [0.25, 0.3) is 0 Å². The number of nitrogens with one attached hydrogen (secondary N) is 1. The van der Waals surface area contributed by atoms with Gasteiger partial charge in [0, 0.05) is 16.5 Å². The van der Waals surface area contributed by atoms with Gasteiger partial charge in [0.1, 0.15) is 0 Å². The minimum absolute atomic E-state index is 0.00222. The van der Waals surface area contributed by atoms with Crippen molar-refractivity contribution in [2.75, 3.05) is 0 Å². The molecule has 1 N–H and O–H groups in total. The average molecular weight is 322 g/mol. The van der Waals surface area contributed by atoms with Gasteiger partial charge in [0.05, 0.1) is 6.04 Å². The summed E-state index contributed by atoms with van der Waals surface area (Å²) < 4.78 is 0. The third kappa shape index (κ3) is 4.76. The number of rotatable bonds is 5. The summed E-state index contributed by atoms with van der Waals surface area (Å²) in [6, 6.07) is 15.0. The molecule has 0 saturated carbocycles. The minimum atomic E-state index is -0.0672. The van der Waals surface area contributed by atoms with Gasteiger partial charge in [-0.2, -0.15) is 0 Å². The first-order chi connectivity index (χ1) is 10.1. The standard InChI is InChI=1S/C17H17Cl2NO/c1-12(14-6-4-7-15(18)11-14)20-17(21)10-9-13-5-2-3-8-16(13)19/h2-8,11-12H,9-10H2,1H3,(H,20,21). The summed E-state index contributed by atoms with van der Waals surface area (Å²) >= 11 is 12.0. The van der Waals surface area contributed by atoms with E-state index < -0.39 is 0 Å². The van der Waals surface area contributed by atoms with Crippen molar-refractivity contribution >= 4 is 29.1 Å². The Balaban J connectivity index is 1.89. The molecule has 0 aliphatic rings. The van der Waals surface area contributed by atoms with E-state index in [0.29, 0.717) is 22.9 Å². The van der Waals surface area contributed by atoms with Crippen LogP contribution in [0.2, 0.25) is 10.0 Å². The number of amides is 1. The smallest absolute Gasteiger partial charge is 0.220 e. The van der Waals surface area contributed by atoms with Crippen LogP contribution in [0.25, 0.3) is 0 Å². The Morgan fingerprint density at radius 1 is 1.14 bits per heavy atom. The lowest BCUT2D eigenvalue weighted by Crippen LogP contribution is -2.26. The molecule has 0 aromatic heterocycles. The van der Waals surface area contributed by atoms with Gasteiger partial charge in [0.2, 0.25) is 5.91 Å². The fraction of sp³-hybridized carbons (Fsp3) is 0.235. The molecule has 0 spiro atoms. The largest absolute Gasteiger partial charge is 0.350 e. The van der Waals surface area contributed by atoms with Gasteiger partial charge in [-0.1, -0.05) is 53.5 Å². The van der Waals surface area contributed by atoms with Crippen LogP contribution in [0, 0.1) is 0 Å². The Morgan fingerprint density at radius 2 is 1.90 bits per heavy atom. The van der Waals surface area contributed by atoms with Crippen LogP contribution in [-0.4, -0.2) is 5.91 Å². The Morgan fingerprint density at radius 3 is 2.62 bits per heavy atom. The van der Waals surface area contributed by atoms with E-state index in [1.54, 1.807) is 0 Å². The van der Waals surface area contributed by atoms with Crippen LogP contribution in [0.3, 0.4) is 0 Å². The van der Waals surface area contributed by atoms with E-state index in [4.69, 9.17) is 23.2 Å². The summed E-state index contributed by atoms with van der Waals surface area (Å²) in [4.78, 5) is 12.0. The van der Waals surface area contributed by atoms with Crippen LogP contribution < -0.4 is 5.32 Å². The molecule has 4 heteroatoms. The summed E-state index contributed by atoms with van der Waals surface area (Å²) in [7, 11) is 0. The zero-order chi connectivity index (χ0) is 15.2. The molecule has 110 valence electrons. The van der Waals surface area contributed by atoms with E-state index in [0.717, 1.165) is 11.1 Å². The van der Waals surface area contributed by atoms with E-state index in [1.807, 2.05) is 55.5 Å². The quantitative estimate of drug-likeness (QED) is 0.841. The number of aryl methyl sites for hydroxylation is 1. The van der Waals surface area contributed by atoms with Gasteiger partial charge < -0.3 is 5.32 Å². The lowest BCUT2D eigenvalue weighted by atomic mass is 10.1. The molecule has 21 heavy (non-hydrogen) atoms. The summed E-state index contributed by atoms with van der Waals surface area (Å²) in [5.74, 6) is 0.00222. The van der Waals surface area contributed by atoms with Gasteiger partial charge in [-0.25, -0.2) is 0 Å². The maximum absolute atomic E-state index is 12.0. The van der Waals surface area contributed by atoms with Crippen LogP contribution in [0.5, 0.6) is 0 Å². The monoisotopic (exact) mass is 321 g/mol. The highest BCUT2D eigenvalue weighted by Gasteiger charge is 2.10. The number of hydrogen-bond donors (Lipinski definition) is 1. The van der Waals surface area contributed by atoms with Crippen molar-refractivity contribution < 1.29 is 4.79 Å². The Labute approximate surface area is 135 Å². The molecule has 0 radical (unpaired) electrons. The summed E-state index contributed by atoms with van der Waals surface area (Å²) in [6.07, 6.45) is 1.04. The molecule has 1 atom stereocenters. The highest BCUT2D eigenvalue weighted by Crippen LogP contribution is 2.19. The van der Waals surface area contributed by atoms with E-state index >= 15 is 0 Å². The van der Waals surface area contributed by atoms with Crippen LogP contribution in [0.4, 0.5) is 0 Å². The normalized spacial score (nSPS) is 12.0. The number of halogens is 2.